The topological polar surface area (TPSA) is 49.3 Å². The maximum Gasteiger partial charge on any atom is 0.251 e. The number of benzene rings is 1. The summed E-state index contributed by atoms with van der Waals surface area (Å²) in [6, 6.07) is 7.21. The first-order valence-corrected chi connectivity index (χ1v) is 7.61. The van der Waals surface area contributed by atoms with Crippen molar-refractivity contribution < 1.29 is 9.90 Å². The number of amides is 1. The first-order valence-electron chi connectivity index (χ1n) is 7.61. The monoisotopic (exact) mass is 285 g/mol. The molecule has 3 heteroatoms. The van der Waals surface area contributed by atoms with Gasteiger partial charge >= 0.3 is 0 Å². The molecule has 0 unspecified atom stereocenters. The van der Waals surface area contributed by atoms with Crippen molar-refractivity contribution in [2.45, 2.75) is 39.0 Å². The van der Waals surface area contributed by atoms with E-state index in [4.69, 9.17) is 5.11 Å². The van der Waals surface area contributed by atoms with Gasteiger partial charge < -0.3 is 10.4 Å². The zero-order valence-electron chi connectivity index (χ0n) is 12.6. The minimum absolute atomic E-state index is 0.0468. The summed E-state index contributed by atoms with van der Waals surface area (Å²) >= 11 is 0. The molecule has 1 aromatic rings. The van der Waals surface area contributed by atoms with Gasteiger partial charge in [-0.3, -0.25) is 4.79 Å². The zero-order valence-corrected chi connectivity index (χ0v) is 12.6. The second-order valence-electron chi connectivity index (χ2n) is 6.09. The molecule has 21 heavy (non-hydrogen) atoms. The zero-order chi connectivity index (χ0) is 15.1. The van der Waals surface area contributed by atoms with E-state index in [1.165, 1.54) is 32.1 Å². The molecule has 2 rings (SSSR count). The number of hydrogen-bond donors (Lipinski definition) is 2. The Kier molecular flexibility index (Phi) is 5.41. The average Bonchev–Trinajstić information content (AvgIpc) is 2.52. The van der Waals surface area contributed by atoms with Crippen LogP contribution in [0.15, 0.2) is 24.3 Å². The lowest BCUT2D eigenvalue weighted by Gasteiger charge is -2.33. The molecule has 1 amide bonds. The fraction of sp³-hybridized carbons (Fsp3) is 0.500. The van der Waals surface area contributed by atoms with Crippen LogP contribution in [-0.4, -0.2) is 24.2 Å². The van der Waals surface area contributed by atoms with Crippen LogP contribution in [0, 0.1) is 17.3 Å². The van der Waals surface area contributed by atoms with Gasteiger partial charge in [-0.05, 0) is 36.5 Å². The van der Waals surface area contributed by atoms with Crippen LogP contribution in [0.2, 0.25) is 0 Å². The molecule has 1 saturated carbocycles. The number of aliphatic hydroxyl groups is 1. The molecule has 0 saturated heterocycles. The van der Waals surface area contributed by atoms with Crippen molar-refractivity contribution in [2.24, 2.45) is 5.41 Å². The van der Waals surface area contributed by atoms with Crippen LogP contribution in [0.25, 0.3) is 0 Å². The number of carbonyl (C=O) groups is 1. The molecule has 112 valence electrons. The van der Waals surface area contributed by atoms with E-state index < -0.39 is 0 Å². The third-order valence-corrected chi connectivity index (χ3v) is 4.17. The normalized spacial score (nSPS) is 16.7. The van der Waals surface area contributed by atoms with Gasteiger partial charge in [0.1, 0.15) is 6.61 Å². The lowest BCUT2D eigenvalue weighted by molar-refractivity contribution is 0.0919. The minimum atomic E-state index is -0.172. The molecule has 1 aliphatic rings. The van der Waals surface area contributed by atoms with E-state index in [0.29, 0.717) is 5.56 Å². The summed E-state index contributed by atoms with van der Waals surface area (Å²) < 4.78 is 0. The summed E-state index contributed by atoms with van der Waals surface area (Å²) in [4.78, 5) is 12.2. The largest absolute Gasteiger partial charge is 0.384 e. The van der Waals surface area contributed by atoms with Gasteiger partial charge in [0.2, 0.25) is 0 Å². The highest BCUT2D eigenvalue weighted by atomic mass is 16.2. The Balaban J connectivity index is 1.96. The van der Waals surface area contributed by atoms with Crippen molar-refractivity contribution in [3.63, 3.8) is 0 Å². The van der Waals surface area contributed by atoms with E-state index >= 15 is 0 Å². The van der Waals surface area contributed by atoms with Crippen molar-refractivity contribution >= 4 is 5.91 Å². The quantitative estimate of drug-likeness (QED) is 0.839. The average molecular weight is 285 g/mol. The molecule has 3 nitrogen and oxygen atoms in total. The van der Waals surface area contributed by atoms with Crippen molar-refractivity contribution in [3.05, 3.63) is 35.4 Å². The third kappa shape index (κ3) is 4.61. The van der Waals surface area contributed by atoms with Gasteiger partial charge in [0.05, 0.1) is 0 Å². The second kappa shape index (κ2) is 7.28. The Morgan fingerprint density at radius 2 is 2.10 bits per heavy atom. The molecule has 1 fully saturated rings. The van der Waals surface area contributed by atoms with E-state index in [0.717, 1.165) is 12.1 Å². The molecule has 0 aliphatic heterocycles. The van der Waals surface area contributed by atoms with Gasteiger partial charge in [-0.2, -0.15) is 0 Å². The van der Waals surface area contributed by atoms with E-state index in [1.54, 1.807) is 12.1 Å². The van der Waals surface area contributed by atoms with Crippen LogP contribution in [0.1, 0.15) is 54.9 Å². The Morgan fingerprint density at radius 3 is 2.81 bits per heavy atom. The van der Waals surface area contributed by atoms with Crippen LogP contribution in [0.4, 0.5) is 0 Å². The number of nitrogens with one attached hydrogen (secondary N) is 1. The lowest BCUT2D eigenvalue weighted by atomic mass is 9.76. The standard InChI is InChI=1S/C18H23NO2/c1-18(10-3-2-4-11-18)14-19-17(21)16-9-5-7-15(13-16)8-6-12-20/h5,7,9,13,20H,2-4,10-12,14H2,1H3,(H,19,21). The summed E-state index contributed by atoms with van der Waals surface area (Å²) in [5.41, 5.74) is 1.61. The van der Waals surface area contributed by atoms with Crippen molar-refractivity contribution in [3.8, 4) is 11.8 Å². The molecule has 2 N–H and O–H groups in total. The number of carbonyl (C=O) groups excluding carboxylic acids is 1. The molecule has 0 aromatic heterocycles. The van der Waals surface area contributed by atoms with Crippen LogP contribution in [0.5, 0.6) is 0 Å². The first-order chi connectivity index (χ1) is 10.1. The van der Waals surface area contributed by atoms with Gasteiger partial charge in [-0.25, -0.2) is 0 Å². The first kappa shape index (κ1) is 15.6. The van der Waals surface area contributed by atoms with E-state index in [1.807, 2.05) is 12.1 Å². The summed E-state index contributed by atoms with van der Waals surface area (Å²) in [7, 11) is 0. The summed E-state index contributed by atoms with van der Waals surface area (Å²) in [5.74, 6) is 5.37. The molecular weight excluding hydrogens is 262 g/mol. The number of rotatable bonds is 3. The Labute approximate surface area is 126 Å². The highest BCUT2D eigenvalue weighted by molar-refractivity contribution is 5.94. The third-order valence-electron chi connectivity index (χ3n) is 4.17. The molecule has 1 aromatic carbocycles. The smallest absolute Gasteiger partial charge is 0.251 e. The summed E-state index contributed by atoms with van der Waals surface area (Å²) in [6.45, 7) is 2.82. The van der Waals surface area contributed by atoms with Crippen LogP contribution >= 0.6 is 0 Å². The minimum Gasteiger partial charge on any atom is -0.384 e. The van der Waals surface area contributed by atoms with Gasteiger partial charge in [0.25, 0.3) is 5.91 Å². The second-order valence-corrected chi connectivity index (χ2v) is 6.09. The Bertz CT molecular complexity index is 548. The maximum absolute atomic E-state index is 12.2. The molecule has 1 aliphatic carbocycles. The molecular formula is C18H23NO2. The molecule has 0 heterocycles. The SMILES string of the molecule is CC1(CNC(=O)c2cccc(C#CCO)c2)CCCCC1. The predicted octanol–water partition coefficient (Wildman–Crippen LogP) is 2.73. The Morgan fingerprint density at radius 1 is 1.33 bits per heavy atom. The highest BCUT2D eigenvalue weighted by Gasteiger charge is 2.27. The van der Waals surface area contributed by atoms with Gasteiger partial charge in [-0.15, -0.1) is 0 Å². The highest BCUT2D eigenvalue weighted by Crippen LogP contribution is 2.34. The number of aliphatic hydroxyl groups excluding tert-OH is 1. The fourth-order valence-corrected chi connectivity index (χ4v) is 2.86. The molecule has 0 bridgehead atoms. The fourth-order valence-electron chi connectivity index (χ4n) is 2.86. The lowest BCUT2D eigenvalue weighted by Crippen LogP contribution is -2.37. The van der Waals surface area contributed by atoms with Crippen LogP contribution in [-0.2, 0) is 0 Å². The molecule has 0 atom stereocenters. The maximum atomic E-state index is 12.2. The van der Waals surface area contributed by atoms with E-state index in [-0.39, 0.29) is 17.9 Å². The van der Waals surface area contributed by atoms with Crippen molar-refractivity contribution in [1.82, 2.24) is 5.32 Å². The van der Waals surface area contributed by atoms with E-state index in [2.05, 4.69) is 24.1 Å². The van der Waals surface area contributed by atoms with Crippen molar-refractivity contribution in [1.29, 1.82) is 0 Å². The van der Waals surface area contributed by atoms with Crippen molar-refractivity contribution in [2.75, 3.05) is 13.2 Å². The molecule has 0 spiro atoms. The van der Waals surface area contributed by atoms with Crippen LogP contribution < -0.4 is 5.32 Å². The number of hydrogen-bond acceptors (Lipinski definition) is 2. The van der Waals surface area contributed by atoms with E-state index in [9.17, 15) is 4.79 Å². The summed E-state index contributed by atoms with van der Waals surface area (Å²) in [6.07, 6.45) is 6.22. The van der Waals surface area contributed by atoms with Crippen LogP contribution in [0.3, 0.4) is 0 Å². The predicted molar refractivity (Wildman–Crippen MR) is 83.9 cm³/mol. The summed E-state index contributed by atoms with van der Waals surface area (Å²) in [5, 5.41) is 11.8. The Hall–Kier alpha value is -1.79. The van der Waals surface area contributed by atoms with Gasteiger partial charge in [0, 0.05) is 17.7 Å². The van der Waals surface area contributed by atoms with Gasteiger partial charge in [0.15, 0.2) is 0 Å². The van der Waals surface area contributed by atoms with Gasteiger partial charge in [-0.1, -0.05) is 44.1 Å². The molecule has 0 radical (unpaired) electrons.